The van der Waals surface area contributed by atoms with Gasteiger partial charge in [-0.2, -0.15) is 0 Å². The zero-order valence-electron chi connectivity index (χ0n) is 15.6. The average Bonchev–Trinajstić information content (AvgIpc) is 2.71. The molecule has 2 N–H and O–H groups in total. The van der Waals surface area contributed by atoms with E-state index in [-0.39, 0.29) is 5.91 Å². The number of nitrogens with zero attached hydrogens (tertiary/aromatic N) is 2. The quantitative estimate of drug-likeness (QED) is 0.628. The van der Waals surface area contributed by atoms with Crippen molar-refractivity contribution in [2.24, 2.45) is 0 Å². The highest BCUT2D eigenvalue weighted by Gasteiger charge is 2.08. The van der Waals surface area contributed by atoms with Crippen LogP contribution in [0.5, 0.6) is 0 Å². The van der Waals surface area contributed by atoms with Gasteiger partial charge in [0, 0.05) is 30.2 Å². The van der Waals surface area contributed by atoms with E-state index in [0.717, 1.165) is 35.8 Å². The number of hydrogen-bond acceptors (Lipinski definition) is 4. The molecule has 0 radical (unpaired) electrons. The fraction of sp³-hybridized carbons (Fsp3) is 0.182. The number of hydrogen-bond donors (Lipinski definition) is 2. The van der Waals surface area contributed by atoms with Crippen LogP contribution >= 0.6 is 0 Å². The van der Waals surface area contributed by atoms with Gasteiger partial charge in [0.15, 0.2) is 0 Å². The molecule has 0 aliphatic rings. The minimum Gasteiger partial charge on any atom is -0.372 e. The van der Waals surface area contributed by atoms with Gasteiger partial charge in [-0.25, -0.2) is 4.98 Å². The van der Waals surface area contributed by atoms with Gasteiger partial charge in [-0.3, -0.25) is 4.79 Å². The first kappa shape index (κ1) is 18.5. The van der Waals surface area contributed by atoms with Gasteiger partial charge in [0.05, 0.1) is 11.9 Å². The third-order valence-electron chi connectivity index (χ3n) is 4.31. The first-order valence-electron chi connectivity index (χ1n) is 9.14. The molecule has 1 heterocycles. The number of carbonyl (C=O) groups is 1. The lowest BCUT2D eigenvalue weighted by Crippen LogP contribution is -2.21. The van der Waals surface area contributed by atoms with Crippen LogP contribution in [0.25, 0.3) is 0 Å². The summed E-state index contributed by atoms with van der Waals surface area (Å²) in [5.41, 5.74) is 4.09. The summed E-state index contributed by atoms with van der Waals surface area (Å²) < 4.78 is 0. The van der Waals surface area contributed by atoms with Crippen molar-refractivity contribution in [1.29, 1.82) is 0 Å². The molecule has 0 aliphatic heterocycles. The molecular weight excluding hydrogens is 336 g/mol. The molecule has 0 atom stereocenters. The van der Waals surface area contributed by atoms with Gasteiger partial charge < -0.3 is 15.5 Å². The van der Waals surface area contributed by atoms with Crippen LogP contribution in [0.3, 0.4) is 0 Å². The van der Waals surface area contributed by atoms with Crippen LogP contribution in [0.4, 0.5) is 22.7 Å². The molecule has 0 bridgehead atoms. The second-order valence-corrected chi connectivity index (χ2v) is 6.10. The summed E-state index contributed by atoms with van der Waals surface area (Å²) in [6.07, 6.45) is 1.66. The standard InChI is InChI=1S/C22H24N4O/c1-3-26(4-2)20-13-10-18(11-14-20)25-22(27)21-15-12-19(16-23-21)24-17-8-6-5-7-9-17/h5-16,24H,3-4H2,1-2H3,(H,25,27). The molecule has 5 nitrogen and oxygen atoms in total. The van der Waals surface area contributed by atoms with Crippen molar-refractivity contribution in [1.82, 2.24) is 4.98 Å². The third-order valence-corrected chi connectivity index (χ3v) is 4.31. The minimum absolute atomic E-state index is 0.225. The molecule has 27 heavy (non-hydrogen) atoms. The lowest BCUT2D eigenvalue weighted by molar-refractivity contribution is 0.102. The maximum atomic E-state index is 12.4. The Kier molecular flexibility index (Phi) is 6.05. The van der Waals surface area contributed by atoms with Crippen LogP contribution in [0.2, 0.25) is 0 Å². The summed E-state index contributed by atoms with van der Waals surface area (Å²) in [5, 5.41) is 6.14. The van der Waals surface area contributed by atoms with E-state index < -0.39 is 0 Å². The zero-order chi connectivity index (χ0) is 19.1. The number of anilines is 4. The van der Waals surface area contributed by atoms with Crippen LogP contribution in [0.15, 0.2) is 72.9 Å². The first-order valence-corrected chi connectivity index (χ1v) is 9.14. The molecule has 0 aliphatic carbocycles. The van der Waals surface area contributed by atoms with E-state index in [1.54, 1.807) is 12.3 Å². The third kappa shape index (κ3) is 4.85. The molecule has 2 aromatic carbocycles. The van der Waals surface area contributed by atoms with Crippen molar-refractivity contribution in [3.8, 4) is 0 Å². The van der Waals surface area contributed by atoms with Gasteiger partial charge >= 0.3 is 0 Å². The minimum atomic E-state index is -0.225. The lowest BCUT2D eigenvalue weighted by Gasteiger charge is -2.21. The molecule has 1 amide bonds. The maximum Gasteiger partial charge on any atom is 0.274 e. The summed E-state index contributed by atoms with van der Waals surface area (Å²) in [7, 11) is 0. The number of amides is 1. The van der Waals surface area contributed by atoms with Crippen LogP contribution in [-0.2, 0) is 0 Å². The van der Waals surface area contributed by atoms with Gasteiger partial charge in [-0.1, -0.05) is 18.2 Å². The largest absolute Gasteiger partial charge is 0.372 e. The second kappa shape index (κ2) is 8.85. The number of aromatic nitrogens is 1. The Morgan fingerprint density at radius 3 is 2.11 bits per heavy atom. The van der Waals surface area contributed by atoms with Gasteiger partial charge in [0.25, 0.3) is 5.91 Å². The smallest absolute Gasteiger partial charge is 0.274 e. The molecule has 0 saturated carbocycles. The van der Waals surface area contributed by atoms with E-state index in [0.29, 0.717) is 5.69 Å². The van der Waals surface area contributed by atoms with Crippen molar-refractivity contribution in [2.45, 2.75) is 13.8 Å². The topological polar surface area (TPSA) is 57.3 Å². The van der Waals surface area contributed by atoms with Gasteiger partial charge in [-0.05, 0) is 62.4 Å². The van der Waals surface area contributed by atoms with E-state index in [4.69, 9.17) is 0 Å². The molecule has 3 aromatic rings. The molecular formula is C22H24N4O. The van der Waals surface area contributed by atoms with E-state index in [9.17, 15) is 4.79 Å². The highest BCUT2D eigenvalue weighted by molar-refractivity contribution is 6.03. The Morgan fingerprint density at radius 2 is 1.52 bits per heavy atom. The molecule has 138 valence electrons. The fourth-order valence-corrected chi connectivity index (χ4v) is 2.83. The van der Waals surface area contributed by atoms with Gasteiger partial charge in [0.1, 0.15) is 5.69 Å². The van der Waals surface area contributed by atoms with Crippen LogP contribution in [0, 0.1) is 0 Å². The monoisotopic (exact) mass is 360 g/mol. The summed E-state index contributed by atoms with van der Waals surface area (Å²) in [6.45, 7) is 6.16. The Labute approximate surface area is 160 Å². The summed E-state index contributed by atoms with van der Waals surface area (Å²) in [5.74, 6) is -0.225. The SMILES string of the molecule is CCN(CC)c1ccc(NC(=O)c2ccc(Nc3ccccc3)cn2)cc1. The number of rotatable bonds is 7. The number of benzene rings is 2. The van der Waals surface area contributed by atoms with E-state index in [2.05, 4.69) is 34.4 Å². The van der Waals surface area contributed by atoms with Crippen LogP contribution in [-0.4, -0.2) is 24.0 Å². The molecule has 5 heteroatoms. The average molecular weight is 360 g/mol. The highest BCUT2D eigenvalue weighted by atomic mass is 16.1. The molecule has 0 unspecified atom stereocenters. The number of para-hydroxylation sites is 1. The van der Waals surface area contributed by atoms with Crippen molar-refractivity contribution < 1.29 is 4.79 Å². The van der Waals surface area contributed by atoms with Crippen molar-refractivity contribution in [3.63, 3.8) is 0 Å². The second-order valence-electron chi connectivity index (χ2n) is 6.10. The highest BCUT2D eigenvalue weighted by Crippen LogP contribution is 2.19. The van der Waals surface area contributed by atoms with Gasteiger partial charge in [-0.15, -0.1) is 0 Å². The van der Waals surface area contributed by atoms with E-state index in [1.807, 2.05) is 60.7 Å². The van der Waals surface area contributed by atoms with E-state index >= 15 is 0 Å². The van der Waals surface area contributed by atoms with E-state index in [1.165, 1.54) is 0 Å². The molecule has 0 fully saturated rings. The Bertz CT molecular complexity index is 857. The summed E-state index contributed by atoms with van der Waals surface area (Å²) >= 11 is 0. The number of pyridine rings is 1. The Hall–Kier alpha value is -3.34. The Morgan fingerprint density at radius 1 is 0.852 bits per heavy atom. The number of carbonyl (C=O) groups excluding carboxylic acids is 1. The predicted octanol–water partition coefficient (Wildman–Crippen LogP) is 4.92. The molecule has 0 spiro atoms. The van der Waals surface area contributed by atoms with Crippen LogP contribution in [0.1, 0.15) is 24.3 Å². The predicted molar refractivity (Wildman–Crippen MR) is 112 cm³/mol. The molecule has 1 aromatic heterocycles. The fourth-order valence-electron chi connectivity index (χ4n) is 2.83. The normalized spacial score (nSPS) is 10.3. The summed E-state index contributed by atoms with van der Waals surface area (Å²) in [4.78, 5) is 18.9. The Balaban J connectivity index is 1.62. The molecule has 0 saturated heterocycles. The zero-order valence-corrected chi connectivity index (χ0v) is 15.6. The van der Waals surface area contributed by atoms with Crippen LogP contribution < -0.4 is 15.5 Å². The van der Waals surface area contributed by atoms with Crippen molar-refractivity contribution in [2.75, 3.05) is 28.6 Å². The maximum absolute atomic E-state index is 12.4. The van der Waals surface area contributed by atoms with Gasteiger partial charge in [0.2, 0.25) is 0 Å². The lowest BCUT2D eigenvalue weighted by atomic mass is 10.2. The summed E-state index contributed by atoms with van der Waals surface area (Å²) in [6, 6.07) is 21.3. The van der Waals surface area contributed by atoms with Crippen molar-refractivity contribution in [3.05, 3.63) is 78.6 Å². The molecule has 3 rings (SSSR count). The van der Waals surface area contributed by atoms with Crippen molar-refractivity contribution >= 4 is 28.7 Å². The number of nitrogens with one attached hydrogen (secondary N) is 2. The first-order chi connectivity index (χ1) is 13.2.